The summed E-state index contributed by atoms with van der Waals surface area (Å²) in [7, 11) is 1.70. The van der Waals surface area contributed by atoms with Crippen molar-refractivity contribution in [3.05, 3.63) is 40.4 Å². The van der Waals surface area contributed by atoms with Crippen LogP contribution < -0.4 is 16.4 Å². The number of halogens is 3. The lowest BCUT2D eigenvalue weighted by Gasteiger charge is -2.40. The van der Waals surface area contributed by atoms with Gasteiger partial charge in [0, 0.05) is 61.4 Å². The number of nitrogen functional groups attached to an aromatic ring is 1. The first-order chi connectivity index (χ1) is 22.0. The van der Waals surface area contributed by atoms with Gasteiger partial charge in [0.2, 0.25) is 0 Å². The van der Waals surface area contributed by atoms with Gasteiger partial charge >= 0.3 is 0 Å². The van der Waals surface area contributed by atoms with Gasteiger partial charge < -0.3 is 15.8 Å². The number of anilines is 1. The number of ether oxygens (including phenoxy) is 1. The van der Waals surface area contributed by atoms with Gasteiger partial charge in [0.25, 0.3) is 0 Å². The summed E-state index contributed by atoms with van der Waals surface area (Å²) in [6.45, 7) is 15.6. The lowest BCUT2D eigenvalue weighted by Crippen LogP contribution is -2.47. The number of aliphatic imine (C=N–C) groups is 2. The number of fused-ring (bicyclic) bond motifs is 1. The minimum Gasteiger partial charge on any atom is -0.375 e. The predicted molar refractivity (Wildman–Crippen MR) is 188 cm³/mol. The molecule has 0 spiro atoms. The van der Waals surface area contributed by atoms with Crippen LogP contribution in [0.1, 0.15) is 65.4 Å². The standard InChI is InChI=1S/C34H46ClF2N7OS/c1-19(18-44-20(2)8-7-9-21(44)3)12-14-40-32(41-17-22-13-15-42-34(22,4)45-6)24-16-25(35)27(28(37)29(24)39-5)23-10-11-26(36)31-30(23)43-33(38)46-31/h10-11,16,19-22,42H,5,7-9,12-15,17-18H2,1-4,6H3,(H2,38,43)(H,40,41). The smallest absolute Gasteiger partial charge is 0.181 e. The number of nitrogens with two attached hydrogens (primary N) is 1. The van der Waals surface area contributed by atoms with Gasteiger partial charge in [-0.3, -0.25) is 20.2 Å². The number of nitrogens with one attached hydrogen (secondary N) is 2. The van der Waals surface area contributed by atoms with E-state index in [9.17, 15) is 4.39 Å². The maximum absolute atomic E-state index is 16.5. The van der Waals surface area contributed by atoms with Gasteiger partial charge in [-0.25, -0.2) is 13.8 Å². The topological polar surface area (TPSA) is 100 Å². The van der Waals surface area contributed by atoms with E-state index >= 15 is 4.39 Å². The third kappa shape index (κ3) is 7.08. The van der Waals surface area contributed by atoms with Crippen LogP contribution in [-0.2, 0) is 4.74 Å². The molecule has 2 aliphatic rings. The zero-order valence-electron chi connectivity index (χ0n) is 27.4. The number of hydrogen-bond acceptors (Lipinski definition) is 8. The van der Waals surface area contributed by atoms with Crippen molar-refractivity contribution < 1.29 is 13.5 Å². The molecule has 8 nitrogen and oxygen atoms in total. The molecule has 5 unspecified atom stereocenters. The Morgan fingerprint density at radius 1 is 1.30 bits per heavy atom. The minimum atomic E-state index is -0.683. The normalized spacial score (nSPS) is 24.9. The first-order valence-corrected chi connectivity index (χ1v) is 17.3. The van der Waals surface area contributed by atoms with Crippen molar-refractivity contribution >= 4 is 56.5 Å². The summed E-state index contributed by atoms with van der Waals surface area (Å²) in [5, 5.41) is 7.23. The van der Waals surface area contributed by atoms with E-state index in [1.807, 2.05) is 6.92 Å². The van der Waals surface area contributed by atoms with Gasteiger partial charge in [0.1, 0.15) is 23.1 Å². The molecule has 250 valence electrons. The average Bonchev–Trinajstić information content (AvgIpc) is 3.60. The van der Waals surface area contributed by atoms with Gasteiger partial charge in [-0.1, -0.05) is 36.3 Å². The summed E-state index contributed by atoms with van der Waals surface area (Å²) in [5.74, 6) is -0.1000. The number of likely N-dealkylation sites (tertiary alicyclic amines) is 1. The lowest BCUT2D eigenvalue weighted by molar-refractivity contribution is -0.0417. The van der Waals surface area contributed by atoms with E-state index in [0.717, 1.165) is 37.3 Å². The van der Waals surface area contributed by atoms with Gasteiger partial charge in [0.05, 0.1) is 15.2 Å². The van der Waals surface area contributed by atoms with Gasteiger partial charge in [-0.05, 0) is 83.8 Å². The summed E-state index contributed by atoms with van der Waals surface area (Å²) in [6.07, 6.45) is 5.53. The van der Waals surface area contributed by atoms with E-state index < -0.39 is 17.4 Å². The number of thiazole rings is 1. The summed E-state index contributed by atoms with van der Waals surface area (Å²) >= 11 is 7.84. The molecule has 2 saturated heterocycles. The Morgan fingerprint density at radius 3 is 2.74 bits per heavy atom. The molecule has 3 aromatic rings. The molecule has 1 aromatic heterocycles. The van der Waals surface area contributed by atoms with Crippen LogP contribution in [-0.4, -0.2) is 73.5 Å². The summed E-state index contributed by atoms with van der Waals surface area (Å²) in [5.41, 5.74) is 6.46. The van der Waals surface area contributed by atoms with E-state index in [4.69, 9.17) is 27.1 Å². The highest BCUT2D eigenvalue weighted by molar-refractivity contribution is 7.22. The van der Waals surface area contributed by atoms with Crippen molar-refractivity contribution in [3.8, 4) is 11.1 Å². The highest BCUT2D eigenvalue weighted by Gasteiger charge is 2.38. The first kappa shape index (κ1) is 34.6. The Labute approximate surface area is 279 Å². The number of hydrogen-bond donors (Lipinski definition) is 3. The Bertz CT molecular complexity index is 1590. The van der Waals surface area contributed by atoms with E-state index in [-0.39, 0.29) is 37.5 Å². The third-order valence-corrected chi connectivity index (χ3v) is 11.1. The maximum Gasteiger partial charge on any atom is 0.181 e. The van der Waals surface area contributed by atoms with E-state index in [1.165, 1.54) is 31.4 Å². The molecule has 2 aliphatic heterocycles. The van der Waals surface area contributed by atoms with Crippen LogP contribution in [0, 0.1) is 23.5 Å². The zero-order valence-corrected chi connectivity index (χ0v) is 29.0. The molecule has 12 heteroatoms. The molecule has 5 rings (SSSR count). The number of aromatic nitrogens is 1. The Balaban J connectivity index is 1.47. The number of nitrogens with zero attached hydrogens (tertiary/aromatic N) is 4. The van der Waals surface area contributed by atoms with Crippen LogP contribution >= 0.6 is 22.9 Å². The van der Waals surface area contributed by atoms with Crippen LogP contribution in [0.4, 0.5) is 19.6 Å². The lowest BCUT2D eigenvalue weighted by atomic mass is 9.95. The summed E-state index contributed by atoms with van der Waals surface area (Å²) in [6, 6.07) is 5.54. The molecule has 0 saturated carbocycles. The Kier molecular flexibility index (Phi) is 11.0. The van der Waals surface area contributed by atoms with Crippen molar-refractivity contribution in [2.45, 2.75) is 77.6 Å². The number of amidine groups is 1. The summed E-state index contributed by atoms with van der Waals surface area (Å²) in [4.78, 5) is 16.0. The van der Waals surface area contributed by atoms with Crippen LogP contribution in [0.15, 0.2) is 28.2 Å². The molecule has 0 aliphatic carbocycles. The van der Waals surface area contributed by atoms with Crippen molar-refractivity contribution in [2.75, 3.05) is 39.0 Å². The van der Waals surface area contributed by atoms with Gasteiger partial charge in [-0.15, -0.1) is 0 Å². The molecule has 0 bridgehead atoms. The molecule has 4 N–H and O–H groups in total. The molecule has 5 atom stereocenters. The van der Waals surface area contributed by atoms with Crippen molar-refractivity contribution in [2.24, 2.45) is 21.8 Å². The zero-order chi connectivity index (χ0) is 33.2. The number of benzene rings is 2. The van der Waals surface area contributed by atoms with Crippen molar-refractivity contribution in [1.82, 2.24) is 20.5 Å². The number of rotatable bonds is 11. The molecular weight excluding hydrogens is 628 g/mol. The molecule has 0 amide bonds. The fraction of sp³-hybridized carbons (Fsp3) is 0.559. The largest absolute Gasteiger partial charge is 0.375 e. The second-order valence-electron chi connectivity index (χ2n) is 13.0. The fourth-order valence-electron chi connectivity index (χ4n) is 6.97. The molecular formula is C34H46ClF2N7OS. The van der Waals surface area contributed by atoms with E-state index in [1.54, 1.807) is 13.2 Å². The van der Waals surface area contributed by atoms with Crippen LogP contribution in [0.5, 0.6) is 0 Å². The van der Waals surface area contributed by atoms with Crippen molar-refractivity contribution in [1.29, 1.82) is 0 Å². The van der Waals surface area contributed by atoms with E-state index in [2.05, 4.69) is 53.0 Å². The predicted octanol–water partition coefficient (Wildman–Crippen LogP) is 7.41. The van der Waals surface area contributed by atoms with Crippen LogP contribution in [0.25, 0.3) is 21.3 Å². The molecule has 46 heavy (non-hydrogen) atoms. The number of piperidine rings is 1. The van der Waals surface area contributed by atoms with Gasteiger partial charge in [0.15, 0.2) is 10.9 Å². The highest BCUT2D eigenvalue weighted by atomic mass is 35.5. The fourth-order valence-corrected chi connectivity index (χ4v) is 8.03. The van der Waals surface area contributed by atoms with Gasteiger partial charge in [-0.2, -0.15) is 0 Å². The third-order valence-electron chi connectivity index (χ3n) is 9.87. The second kappa shape index (κ2) is 14.6. The summed E-state index contributed by atoms with van der Waals surface area (Å²) < 4.78 is 37.1. The van der Waals surface area contributed by atoms with Crippen LogP contribution in [0.3, 0.4) is 0 Å². The number of methoxy groups -OCH3 is 1. The quantitative estimate of drug-likeness (QED) is 0.145. The van der Waals surface area contributed by atoms with E-state index in [0.29, 0.717) is 48.1 Å². The second-order valence-corrected chi connectivity index (χ2v) is 14.4. The first-order valence-electron chi connectivity index (χ1n) is 16.2. The Hall–Kier alpha value is -2.70. The molecule has 2 aromatic carbocycles. The molecule has 0 radical (unpaired) electrons. The molecule has 3 heterocycles. The highest BCUT2D eigenvalue weighted by Crippen LogP contribution is 2.43. The minimum absolute atomic E-state index is 0.00870. The average molecular weight is 674 g/mol. The molecule has 2 fully saturated rings. The Morgan fingerprint density at radius 2 is 2.04 bits per heavy atom. The van der Waals surface area contributed by atoms with Crippen LogP contribution in [0.2, 0.25) is 5.02 Å². The monoisotopic (exact) mass is 673 g/mol. The maximum atomic E-state index is 16.5. The SMILES string of the molecule is C=Nc1c(/C(=N\CCC(C)CN2C(C)CCCC2C)NCC2CCNC2(C)OC)cc(Cl)c(-c2ccc(F)c3sc(N)nc23)c1F. The van der Waals surface area contributed by atoms with Crippen molar-refractivity contribution in [3.63, 3.8) is 0 Å².